The highest BCUT2D eigenvalue weighted by Crippen LogP contribution is 2.29. The van der Waals surface area contributed by atoms with E-state index >= 15 is 0 Å². The molecule has 0 amide bonds. The number of fused-ring (bicyclic) bond motifs is 1. The number of aliphatic carboxylic acids is 1. The molecule has 0 heterocycles. The van der Waals surface area contributed by atoms with Gasteiger partial charge >= 0.3 is 5.97 Å². The van der Waals surface area contributed by atoms with Crippen molar-refractivity contribution < 1.29 is 19.4 Å². The Hall–Kier alpha value is -3.79. The zero-order valence-electron chi connectivity index (χ0n) is 15.7. The van der Waals surface area contributed by atoms with Crippen molar-refractivity contribution in [2.24, 2.45) is 0 Å². The Balaban J connectivity index is 1.60. The molecule has 0 aliphatic carbocycles. The molecule has 0 aliphatic heterocycles. The second kappa shape index (κ2) is 8.48. The fourth-order valence-electron chi connectivity index (χ4n) is 3.22. The van der Waals surface area contributed by atoms with Gasteiger partial charge in [-0.3, -0.25) is 0 Å². The standard InChI is InChI=1S/C25H20O4/c26-25(27)24(29-23-16-8-11-18-9-4-6-14-21(18)23)17-19-10-5-7-15-22(19)28-20-12-2-1-3-13-20/h1-16,24H,17H2,(H,26,27)/t24-/m1/s1. The zero-order chi connectivity index (χ0) is 20.1. The lowest BCUT2D eigenvalue weighted by Crippen LogP contribution is -2.29. The van der Waals surface area contributed by atoms with Crippen LogP contribution < -0.4 is 9.47 Å². The second-order valence-electron chi connectivity index (χ2n) is 6.65. The molecule has 144 valence electrons. The van der Waals surface area contributed by atoms with Crippen LogP contribution in [0.5, 0.6) is 17.2 Å². The van der Waals surface area contributed by atoms with Crippen molar-refractivity contribution in [1.29, 1.82) is 0 Å². The van der Waals surface area contributed by atoms with Crippen LogP contribution in [0.4, 0.5) is 0 Å². The number of hydrogen-bond donors (Lipinski definition) is 1. The lowest BCUT2D eigenvalue weighted by molar-refractivity contribution is -0.144. The van der Waals surface area contributed by atoms with E-state index in [1.807, 2.05) is 91.0 Å². The first kappa shape index (κ1) is 18.6. The van der Waals surface area contributed by atoms with E-state index in [1.165, 1.54) is 0 Å². The lowest BCUT2D eigenvalue weighted by Gasteiger charge is -2.18. The molecule has 0 unspecified atom stereocenters. The smallest absolute Gasteiger partial charge is 0.345 e. The van der Waals surface area contributed by atoms with E-state index in [4.69, 9.17) is 9.47 Å². The van der Waals surface area contributed by atoms with Crippen LogP contribution >= 0.6 is 0 Å². The third-order valence-electron chi connectivity index (χ3n) is 4.64. The predicted octanol–water partition coefficient (Wildman–Crippen LogP) is 5.71. The summed E-state index contributed by atoms with van der Waals surface area (Å²) < 4.78 is 11.9. The van der Waals surface area contributed by atoms with Gasteiger partial charge in [-0.2, -0.15) is 0 Å². The van der Waals surface area contributed by atoms with Crippen molar-refractivity contribution in [3.63, 3.8) is 0 Å². The van der Waals surface area contributed by atoms with Crippen molar-refractivity contribution in [2.45, 2.75) is 12.5 Å². The van der Waals surface area contributed by atoms with E-state index in [0.717, 1.165) is 16.3 Å². The van der Waals surface area contributed by atoms with Crippen molar-refractivity contribution in [2.75, 3.05) is 0 Å². The molecule has 1 atom stereocenters. The molecule has 0 saturated carbocycles. The Morgan fingerprint density at radius 1 is 0.759 bits per heavy atom. The Labute approximate surface area is 169 Å². The van der Waals surface area contributed by atoms with Gasteiger partial charge in [-0.1, -0.05) is 72.8 Å². The van der Waals surface area contributed by atoms with Crippen LogP contribution in [0.2, 0.25) is 0 Å². The monoisotopic (exact) mass is 384 g/mol. The van der Waals surface area contributed by atoms with Gasteiger partial charge in [0.25, 0.3) is 0 Å². The summed E-state index contributed by atoms with van der Waals surface area (Å²) >= 11 is 0. The van der Waals surface area contributed by atoms with Gasteiger partial charge in [0.1, 0.15) is 17.2 Å². The highest BCUT2D eigenvalue weighted by atomic mass is 16.5. The maximum absolute atomic E-state index is 11.9. The minimum Gasteiger partial charge on any atom is -0.478 e. The summed E-state index contributed by atoms with van der Waals surface area (Å²) in [7, 11) is 0. The van der Waals surface area contributed by atoms with Crippen molar-refractivity contribution in [1.82, 2.24) is 0 Å². The molecule has 0 bridgehead atoms. The van der Waals surface area contributed by atoms with E-state index in [0.29, 0.717) is 17.2 Å². The predicted molar refractivity (Wildman–Crippen MR) is 113 cm³/mol. The molecule has 4 nitrogen and oxygen atoms in total. The number of ether oxygens (including phenoxy) is 2. The SMILES string of the molecule is O=C(O)[C@@H](Cc1ccccc1Oc1ccccc1)Oc1cccc2ccccc12. The summed E-state index contributed by atoms with van der Waals surface area (Å²) in [6.07, 6.45) is -0.858. The van der Waals surface area contributed by atoms with Gasteiger partial charge in [-0.15, -0.1) is 0 Å². The van der Waals surface area contributed by atoms with Crippen LogP contribution in [-0.2, 0) is 11.2 Å². The summed E-state index contributed by atoms with van der Waals surface area (Å²) in [5.74, 6) is 0.845. The van der Waals surface area contributed by atoms with E-state index in [1.54, 1.807) is 6.07 Å². The van der Waals surface area contributed by atoms with Crippen LogP contribution in [0.3, 0.4) is 0 Å². The first-order valence-electron chi connectivity index (χ1n) is 9.39. The zero-order valence-corrected chi connectivity index (χ0v) is 15.7. The van der Waals surface area contributed by atoms with Gasteiger partial charge < -0.3 is 14.6 Å². The molecule has 4 aromatic rings. The molecule has 0 saturated heterocycles. The fourth-order valence-corrected chi connectivity index (χ4v) is 3.22. The molecule has 1 N–H and O–H groups in total. The van der Waals surface area contributed by atoms with E-state index in [2.05, 4.69) is 0 Å². The van der Waals surface area contributed by atoms with Crippen LogP contribution in [0, 0.1) is 0 Å². The van der Waals surface area contributed by atoms with Crippen LogP contribution in [0.15, 0.2) is 97.1 Å². The maximum Gasteiger partial charge on any atom is 0.345 e. The summed E-state index contributed by atoms with van der Waals surface area (Å²) in [4.78, 5) is 11.9. The summed E-state index contributed by atoms with van der Waals surface area (Å²) in [6, 6.07) is 30.2. The lowest BCUT2D eigenvalue weighted by atomic mass is 10.1. The number of hydrogen-bond acceptors (Lipinski definition) is 3. The molecule has 0 radical (unpaired) electrons. The highest BCUT2D eigenvalue weighted by molar-refractivity contribution is 5.88. The van der Waals surface area contributed by atoms with Crippen molar-refractivity contribution in [3.8, 4) is 17.2 Å². The number of carbonyl (C=O) groups is 1. The molecule has 29 heavy (non-hydrogen) atoms. The molecule has 4 heteroatoms. The number of para-hydroxylation sites is 2. The molecule has 0 aliphatic rings. The topological polar surface area (TPSA) is 55.8 Å². The number of benzene rings is 4. The highest BCUT2D eigenvalue weighted by Gasteiger charge is 2.23. The summed E-state index contributed by atoms with van der Waals surface area (Å²) in [6.45, 7) is 0. The van der Waals surface area contributed by atoms with Crippen LogP contribution in [0.25, 0.3) is 10.8 Å². The van der Waals surface area contributed by atoms with Gasteiger partial charge in [0.15, 0.2) is 6.10 Å². The fraction of sp³-hybridized carbons (Fsp3) is 0.0800. The normalized spacial score (nSPS) is 11.7. The maximum atomic E-state index is 11.9. The number of carboxylic acid groups (broad SMARTS) is 1. The quantitative estimate of drug-likeness (QED) is 0.444. The van der Waals surface area contributed by atoms with E-state index in [9.17, 15) is 9.90 Å². The van der Waals surface area contributed by atoms with Crippen LogP contribution in [0.1, 0.15) is 5.56 Å². The first-order chi connectivity index (χ1) is 14.2. The summed E-state index contributed by atoms with van der Waals surface area (Å²) in [5, 5.41) is 11.7. The van der Waals surface area contributed by atoms with Gasteiger partial charge in [0, 0.05) is 11.8 Å². The first-order valence-corrected chi connectivity index (χ1v) is 9.39. The molecule has 0 fully saturated rings. The molecular weight excluding hydrogens is 364 g/mol. The largest absolute Gasteiger partial charge is 0.478 e. The van der Waals surface area contributed by atoms with Gasteiger partial charge in [-0.05, 0) is 35.2 Å². The Bertz CT molecular complexity index is 1120. The average Bonchev–Trinajstić information content (AvgIpc) is 2.75. The third-order valence-corrected chi connectivity index (χ3v) is 4.64. The number of carboxylic acids is 1. The van der Waals surface area contributed by atoms with E-state index < -0.39 is 12.1 Å². The molecular formula is C25H20O4. The van der Waals surface area contributed by atoms with Gasteiger partial charge in [-0.25, -0.2) is 4.79 Å². The van der Waals surface area contributed by atoms with Gasteiger partial charge in [0.05, 0.1) is 0 Å². The molecule has 0 aromatic heterocycles. The average molecular weight is 384 g/mol. The molecule has 4 aromatic carbocycles. The van der Waals surface area contributed by atoms with Crippen LogP contribution in [-0.4, -0.2) is 17.2 Å². The van der Waals surface area contributed by atoms with E-state index in [-0.39, 0.29) is 6.42 Å². The number of rotatable bonds is 7. The molecule has 0 spiro atoms. The Morgan fingerprint density at radius 3 is 2.24 bits per heavy atom. The van der Waals surface area contributed by atoms with Crippen molar-refractivity contribution in [3.05, 3.63) is 103 Å². The third kappa shape index (κ3) is 4.38. The Kier molecular flexibility index (Phi) is 5.43. The summed E-state index contributed by atoms with van der Waals surface area (Å²) in [5.41, 5.74) is 0.768. The Morgan fingerprint density at radius 2 is 1.41 bits per heavy atom. The van der Waals surface area contributed by atoms with Gasteiger partial charge in [0.2, 0.25) is 0 Å². The minimum atomic E-state index is -1.04. The minimum absolute atomic E-state index is 0.182. The molecule has 4 rings (SSSR count). The second-order valence-corrected chi connectivity index (χ2v) is 6.65. The van der Waals surface area contributed by atoms with Crippen molar-refractivity contribution >= 4 is 16.7 Å².